The number of fused-ring (bicyclic) bond motifs is 1. The summed E-state index contributed by atoms with van der Waals surface area (Å²) in [5.41, 5.74) is 2.43. The summed E-state index contributed by atoms with van der Waals surface area (Å²) >= 11 is 0. The van der Waals surface area contributed by atoms with Crippen molar-refractivity contribution < 1.29 is 14.3 Å². The second-order valence-corrected chi connectivity index (χ2v) is 5.72. The van der Waals surface area contributed by atoms with Gasteiger partial charge >= 0.3 is 0 Å². The molecular weight excluding hydrogens is 330 g/mol. The molecule has 1 aromatic heterocycles. The summed E-state index contributed by atoms with van der Waals surface area (Å²) in [6.07, 6.45) is 1.65. The van der Waals surface area contributed by atoms with Crippen LogP contribution in [0.5, 0.6) is 11.5 Å². The van der Waals surface area contributed by atoms with Crippen LogP contribution in [0.3, 0.4) is 0 Å². The summed E-state index contributed by atoms with van der Waals surface area (Å²) in [6, 6.07) is 12.9. The normalized spacial score (nSPS) is 10.5. The van der Waals surface area contributed by atoms with E-state index in [4.69, 9.17) is 9.47 Å². The molecule has 0 atom stereocenters. The number of amides is 1. The van der Waals surface area contributed by atoms with E-state index in [1.54, 1.807) is 24.3 Å². The van der Waals surface area contributed by atoms with Crippen LogP contribution in [0.2, 0.25) is 0 Å². The van der Waals surface area contributed by atoms with Gasteiger partial charge in [0.25, 0.3) is 5.91 Å². The number of carbonyl (C=O) groups excluding carboxylic acids is 1. The van der Waals surface area contributed by atoms with E-state index in [0.717, 1.165) is 16.9 Å². The fraction of sp³-hybridized carbons (Fsp3) is 0.200. The average Bonchev–Trinajstić information content (AvgIpc) is 3.00. The number of aryl methyl sites for hydroxylation is 1. The highest BCUT2D eigenvalue weighted by atomic mass is 16.5. The van der Waals surface area contributed by atoms with Crippen LogP contribution in [-0.2, 0) is 13.6 Å². The molecule has 1 amide bonds. The molecule has 6 heteroatoms. The molecule has 0 aliphatic carbocycles. The number of nitrogens with zero attached hydrogens (tertiary/aromatic N) is 2. The zero-order valence-corrected chi connectivity index (χ0v) is 14.9. The number of para-hydroxylation sites is 2. The third-order valence-electron chi connectivity index (χ3n) is 4.07. The summed E-state index contributed by atoms with van der Waals surface area (Å²) < 4.78 is 12.8. The molecule has 1 heterocycles. The first kappa shape index (κ1) is 17.5. The number of benzene rings is 2. The molecule has 134 valence electrons. The number of imidazole rings is 1. The maximum absolute atomic E-state index is 12.5. The lowest BCUT2D eigenvalue weighted by atomic mass is 10.2. The third kappa shape index (κ3) is 3.54. The number of hydrogen-bond acceptors (Lipinski definition) is 4. The van der Waals surface area contributed by atoms with Gasteiger partial charge in [-0.15, -0.1) is 0 Å². The van der Waals surface area contributed by atoms with E-state index in [-0.39, 0.29) is 5.91 Å². The van der Waals surface area contributed by atoms with Gasteiger partial charge in [-0.05, 0) is 30.3 Å². The van der Waals surface area contributed by atoms with Crippen LogP contribution in [0, 0.1) is 0 Å². The van der Waals surface area contributed by atoms with Gasteiger partial charge in [0.05, 0.1) is 24.7 Å². The summed E-state index contributed by atoms with van der Waals surface area (Å²) in [4.78, 5) is 17.0. The van der Waals surface area contributed by atoms with E-state index in [0.29, 0.717) is 30.2 Å². The molecule has 3 aromatic rings. The molecule has 0 unspecified atom stereocenters. The van der Waals surface area contributed by atoms with Gasteiger partial charge in [-0.1, -0.05) is 24.8 Å². The van der Waals surface area contributed by atoms with Crippen LogP contribution < -0.4 is 14.8 Å². The Morgan fingerprint density at radius 3 is 2.81 bits per heavy atom. The van der Waals surface area contributed by atoms with Crippen molar-refractivity contribution in [3.8, 4) is 11.5 Å². The molecule has 26 heavy (non-hydrogen) atoms. The molecule has 0 radical (unpaired) electrons. The van der Waals surface area contributed by atoms with E-state index in [1.807, 2.05) is 35.9 Å². The largest absolute Gasteiger partial charge is 0.493 e. The van der Waals surface area contributed by atoms with Crippen molar-refractivity contribution in [1.82, 2.24) is 14.9 Å². The Morgan fingerprint density at radius 2 is 2.08 bits per heavy atom. The SMILES string of the molecule is C=CCOc1ccc(C(=O)NCc2nc3ccccc3n2C)cc1OC. The van der Waals surface area contributed by atoms with Gasteiger partial charge in [0, 0.05) is 12.6 Å². The molecule has 3 rings (SSSR count). The van der Waals surface area contributed by atoms with E-state index in [1.165, 1.54) is 7.11 Å². The predicted octanol–water partition coefficient (Wildman–Crippen LogP) is 3.08. The summed E-state index contributed by atoms with van der Waals surface area (Å²) in [5, 5.41) is 2.90. The standard InChI is InChI=1S/C20H21N3O3/c1-4-11-26-17-10-9-14(12-18(17)25-3)20(24)21-13-19-22-15-7-5-6-8-16(15)23(19)2/h4-10,12H,1,11,13H2,2-3H3,(H,21,24). The minimum absolute atomic E-state index is 0.203. The predicted molar refractivity (Wildman–Crippen MR) is 101 cm³/mol. The maximum atomic E-state index is 12.5. The molecule has 6 nitrogen and oxygen atoms in total. The molecule has 0 bridgehead atoms. The first-order chi connectivity index (χ1) is 12.6. The number of nitrogens with one attached hydrogen (secondary N) is 1. The highest BCUT2D eigenvalue weighted by Crippen LogP contribution is 2.28. The molecular formula is C20H21N3O3. The van der Waals surface area contributed by atoms with Crippen LogP contribution in [0.1, 0.15) is 16.2 Å². The van der Waals surface area contributed by atoms with Crippen molar-refractivity contribution in [2.24, 2.45) is 7.05 Å². The van der Waals surface area contributed by atoms with E-state index >= 15 is 0 Å². The Balaban J connectivity index is 1.73. The van der Waals surface area contributed by atoms with Crippen LogP contribution in [0.4, 0.5) is 0 Å². The molecule has 2 aromatic carbocycles. The monoisotopic (exact) mass is 351 g/mol. The van der Waals surface area contributed by atoms with E-state index in [9.17, 15) is 4.79 Å². The topological polar surface area (TPSA) is 65.4 Å². The van der Waals surface area contributed by atoms with Gasteiger partial charge < -0.3 is 19.4 Å². The number of carbonyl (C=O) groups is 1. The Labute approximate surface area is 152 Å². The van der Waals surface area contributed by atoms with Crippen molar-refractivity contribution in [3.63, 3.8) is 0 Å². The van der Waals surface area contributed by atoms with Crippen molar-refractivity contribution in [3.05, 3.63) is 66.5 Å². The molecule has 0 saturated heterocycles. The van der Waals surface area contributed by atoms with Gasteiger partial charge in [0.1, 0.15) is 12.4 Å². The fourth-order valence-corrected chi connectivity index (χ4v) is 2.69. The second-order valence-electron chi connectivity index (χ2n) is 5.72. The minimum atomic E-state index is -0.203. The van der Waals surface area contributed by atoms with Gasteiger partial charge in [-0.25, -0.2) is 4.98 Å². The molecule has 1 N–H and O–H groups in total. The highest BCUT2D eigenvalue weighted by Gasteiger charge is 2.13. The zero-order valence-electron chi connectivity index (χ0n) is 14.9. The van der Waals surface area contributed by atoms with E-state index < -0.39 is 0 Å². The minimum Gasteiger partial charge on any atom is -0.493 e. The second kappa shape index (κ2) is 7.74. The average molecular weight is 351 g/mol. The van der Waals surface area contributed by atoms with Crippen LogP contribution in [0.15, 0.2) is 55.1 Å². The summed E-state index contributed by atoms with van der Waals surface area (Å²) in [5.74, 6) is 1.66. The fourth-order valence-electron chi connectivity index (χ4n) is 2.69. The number of methoxy groups -OCH3 is 1. The lowest BCUT2D eigenvalue weighted by molar-refractivity contribution is 0.0949. The smallest absolute Gasteiger partial charge is 0.251 e. The first-order valence-electron chi connectivity index (χ1n) is 8.24. The third-order valence-corrected chi connectivity index (χ3v) is 4.07. The van der Waals surface area contributed by atoms with Crippen molar-refractivity contribution in [2.45, 2.75) is 6.54 Å². The van der Waals surface area contributed by atoms with E-state index in [2.05, 4.69) is 16.9 Å². The molecule has 0 spiro atoms. The van der Waals surface area contributed by atoms with Gasteiger partial charge in [0.2, 0.25) is 0 Å². The van der Waals surface area contributed by atoms with Crippen LogP contribution in [-0.4, -0.2) is 29.2 Å². The Bertz CT molecular complexity index is 947. The lowest BCUT2D eigenvalue weighted by Gasteiger charge is -2.11. The zero-order chi connectivity index (χ0) is 18.5. The maximum Gasteiger partial charge on any atom is 0.251 e. The summed E-state index contributed by atoms with van der Waals surface area (Å²) in [7, 11) is 3.48. The Morgan fingerprint density at radius 1 is 1.27 bits per heavy atom. The number of aromatic nitrogens is 2. The van der Waals surface area contributed by atoms with Crippen molar-refractivity contribution >= 4 is 16.9 Å². The molecule has 0 aliphatic heterocycles. The van der Waals surface area contributed by atoms with Gasteiger partial charge in [-0.3, -0.25) is 4.79 Å². The molecule has 0 aliphatic rings. The number of rotatable bonds is 7. The van der Waals surface area contributed by atoms with Gasteiger partial charge in [-0.2, -0.15) is 0 Å². The van der Waals surface area contributed by atoms with Crippen LogP contribution >= 0.6 is 0 Å². The highest BCUT2D eigenvalue weighted by molar-refractivity contribution is 5.94. The lowest BCUT2D eigenvalue weighted by Crippen LogP contribution is -2.24. The number of ether oxygens (including phenoxy) is 2. The van der Waals surface area contributed by atoms with Crippen LogP contribution in [0.25, 0.3) is 11.0 Å². The summed E-state index contributed by atoms with van der Waals surface area (Å²) in [6.45, 7) is 4.32. The Hall–Kier alpha value is -3.28. The van der Waals surface area contributed by atoms with Crippen molar-refractivity contribution in [1.29, 1.82) is 0 Å². The van der Waals surface area contributed by atoms with Gasteiger partial charge in [0.15, 0.2) is 11.5 Å². The van der Waals surface area contributed by atoms with Crippen molar-refractivity contribution in [2.75, 3.05) is 13.7 Å². The molecule has 0 saturated carbocycles. The Kier molecular flexibility index (Phi) is 5.22. The first-order valence-corrected chi connectivity index (χ1v) is 8.24. The quantitative estimate of drug-likeness (QED) is 0.665. The number of hydrogen-bond donors (Lipinski definition) is 1. The molecule has 0 fully saturated rings.